The third-order valence-electron chi connectivity index (χ3n) is 1.58. The number of carbonyl (C=O) groups is 1. The topological polar surface area (TPSA) is 20.3 Å². The van der Waals surface area contributed by atoms with Crippen LogP contribution in [0.5, 0.6) is 0 Å². The molecule has 0 amide bonds. The van der Waals surface area contributed by atoms with Gasteiger partial charge in [-0.3, -0.25) is 4.79 Å². The van der Waals surface area contributed by atoms with Crippen LogP contribution in [0.1, 0.15) is 13.3 Å². The van der Waals surface area contributed by atoms with Gasteiger partial charge in [-0.2, -0.15) is 0 Å². The van der Waals surface area contributed by atoms with Crippen LogP contribution in [0.15, 0.2) is 0 Å². The lowest BCUT2D eigenvalue weighted by Gasteiger charge is -2.18. The predicted octanol–water partition coefficient (Wildman–Crippen LogP) is 2.32. The molecule has 13 heavy (non-hydrogen) atoms. The van der Waals surface area contributed by atoms with E-state index >= 15 is 0 Å². The lowest BCUT2D eigenvalue weighted by molar-refractivity contribution is -0.117. The summed E-state index contributed by atoms with van der Waals surface area (Å²) in [4.78, 5) is 12.8. The molecule has 0 aromatic rings. The molecule has 0 aliphatic carbocycles. The minimum absolute atomic E-state index is 0. The fraction of sp³-hybridized carbons (Fsp3) is 0.875. The van der Waals surface area contributed by atoms with Crippen LogP contribution in [-0.4, -0.2) is 42.1 Å². The number of Topliss-reactive ketones (excluding diaryl/α,β-unsaturated/α-hetero) is 1. The second-order valence-electron chi connectivity index (χ2n) is 2.67. The number of hydrogen-bond acceptors (Lipinski definition) is 2. The molecule has 0 saturated heterocycles. The summed E-state index contributed by atoms with van der Waals surface area (Å²) >= 11 is 11.2. The lowest BCUT2D eigenvalue weighted by Crippen LogP contribution is -2.29. The standard InChI is InChI=1S/C8H15Cl2NO.BrH/c1-8(12)2-5-11(6-3-9)7-4-10;/h2-7H2,1H3;1H. The molecule has 0 spiro atoms. The summed E-state index contributed by atoms with van der Waals surface area (Å²) in [6, 6.07) is 0. The van der Waals surface area contributed by atoms with Gasteiger partial charge in [-0.15, -0.1) is 40.2 Å². The Bertz CT molecular complexity index is 129. The van der Waals surface area contributed by atoms with Crippen molar-refractivity contribution >= 4 is 46.0 Å². The van der Waals surface area contributed by atoms with Crippen LogP contribution < -0.4 is 0 Å². The highest BCUT2D eigenvalue weighted by atomic mass is 79.9. The SMILES string of the molecule is Br.CC(=O)CCN(CCCl)CCCl. The number of hydrogen-bond donors (Lipinski definition) is 0. The van der Waals surface area contributed by atoms with E-state index in [2.05, 4.69) is 4.90 Å². The highest BCUT2D eigenvalue weighted by Crippen LogP contribution is 1.94. The van der Waals surface area contributed by atoms with Crippen LogP contribution in [0.25, 0.3) is 0 Å². The van der Waals surface area contributed by atoms with Crippen molar-refractivity contribution in [1.82, 2.24) is 4.90 Å². The minimum atomic E-state index is 0. The summed E-state index contributed by atoms with van der Waals surface area (Å²) in [7, 11) is 0. The summed E-state index contributed by atoms with van der Waals surface area (Å²) < 4.78 is 0. The Balaban J connectivity index is 0. The molecule has 0 aliphatic rings. The van der Waals surface area contributed by atoms with Crippen molar-refractivity contribution in [2.75, 3.05) is 31.4 Å². The van der Waals surface area contributed by atoms with Gasteiger partial charge in [-0.1, -0.05) is 0 Å². The van der Waals surface area contributed by atoms with Crippen molar-refractivity contribution in [1.29, 1.82) is 0 Å². The summed E-state index contributed by atoms with van der Waals surface area (Å²) in [5, 5.41) is 0. The summed E-state index contributed by atoms with van der Waals surface area (Å²) in [6.07, 6.45) is 0.591. The summed E-state index contributed by atoms with van der Waals surface area (Å²) in [5.41, 5.74) is 0. The molecule has 2 nitrogen and oxygen atoms in total. The molecule has 0 atom stereocenters. The largest absolute Gasteiger partial charge is 0.301 e. The number of ketones is 1. The minimum Gasteiger partial charge on any atom is -0.301 e. The van der Waals surface area contributed by atoms with Crippen molar-refractivity contribution in [2.24, 2.45) is 0 Å². The molecule has 0 saturated carbocycles. The molecule has 0 bridgehead atoms. The first-order valence-electron chi connectivity index (χ1n) is 4.04. The van der Waals surface area contributed by atoms with Crippen molar-refractivity contribution in [3.8, 4) is 0 Å². The Kier molecular flexibility index (Phi) is 13.4. The third-order valence-corrected chi connectivity index (χ3v) is 1.92. The molecule has 0 aromatic carbocycles. The molecular formula is C8H16BrCl2NO. The fourth-order valence-electron chi connectivity index (χ4n) is 0.890. The van der Waals surface area contributed by atoms with Crippen LogP contribution in [0.2, 0.25) is 0 Å². The normalized spacial score (nSPS) is 9.85. The molecule has 5 heteroatoms. The van der Waals surface area contributed by atoms with Crippen molar-refractivity contribution < 1.29 is 4.79 Å². The highest BCUT2D eigenvalue weighted by Gasteiger charge is 2.03. The maximum Gasteiger partial charge on any atom is 0.131 e. The molecule has 0 aliphatic heterocycles. The molecule has 0 N–H and O–H groups in total. The first-order chi connectivity index (χ1) is 5.70. The van der Waals surface area contributed by atoms with E-state index in [1.165, 1.54) is 0 Å². The molecule has 0 radical (unpaired) electrons. The monoisotopic (exact) mass is 291 g/mol. The Morgan fingerprint density at radius 3 is 1.92 bits per heavy atom. The molecule has 0 heterocycles. The number of carbonyl (C=O) groups excluding carboxylic acids is 1. The summed E-state index contributed by atoms with van der Waals surface area (Å²) in [5.74, 6) is 1.40. The van der Waals surface area contributed by atoms with Gasteiger partial charge in [0.05, 0.1) is 0 Å². The van der Waals surface area contributed by atoms with Gasteiger partial charge in [0.2, 0.25) is 0 Å². The van der Waals surface area contributed by atoms with E-state index in [1.54, 1.807) is 6.92 Å². The van der Waals surface area contributed by atoms with Crippen LogP contribution in [0.3, 0.4) is 0 Å². The zero-order valence-electron chi connectivity index (χ0n) is 7.76. The van der Waals surface area contributed by atoms with Crippen LogP contribution in [0, 0.1) is 0 Å². The predicted molar refractivity (Wildman–Crippen MR) is 63.5 cm³/mol. The Hall–Kier alpha value is 0.690. The maximum atomic E-state index is 10.7. The first kappa shape index (κ1) is 16.1. The second kappa shape index (κ2) is 10.8. The van der Waals surface area contributed by atoms with Gasteiger partial charge < -0.3 is 4.90 Å². The third kappa shape index (κ3) is 10.6. The van der Waals surface area contributed by atoms with Gasteiger partial charge in [0.1, 0.15) is 5.78 Å². The molecule has 0 unspecified atom stereocenters. The molecular weight excluding hydrogens is 277 g/mol. The van der Waals surface area contributed by atoms with E-state index in [-0.39, 0.29) is 22.8 Å². The maximum absolute atomic E-state index is 10.7. The lowest BCUT2D eigenvalue weighted by atomic mass is 10.3. The number of halogens is 3. The van der Waals surface area contributed by atoms with Gasteiger partial charge in [-0.05, 0) is 6.92 Å². The molecule has 0 rings (SSSR count). The van der Waals surface area contributed by atoms with Gasteiger partial charge in [-0.25, -0.2) is 0 Å². The zero-order valence-corrected chi connectivity index (χ0v) is 11.0. The zero-order chi connectivity index (χ0) is 9.40. The van der Waals surface area contributed by atoms with E-state index in [9.17, 15) is 4.79 Å². The van der Waals surface area contributed by atoms with Crippen molar-refractivity contribution in [2.45, 2.75) is 13.3 Å². The number of rotatable bonds is 7. The second-order valence-corrected chi connectivity index (χ2v) is 3.43. The fourth-order valence-corrected chi connectivity index (χ4v) is 1.37. The van der Waals surface area contributed by atoms with Crippen LogP contribution in [0.4, 0.5) is 0 Å². The average Bonchev–Trinajstić information content (AvgIpc) is 2.01. The molecule has 0 aromatic heterocycles. The Morgan fingerprint density at radius 1 is 1.15 bits per heavy atom. The van der Waals surface area contributed by atoms with E-state index in [0.717, 1.165) is 19.6 Å². The van der Waals surface area contributed by atoms with E-state index in [4.69, 9.17) is 23.2 Å². The average molecular weight is 293 g/mol. The van der Waals surface area contributed by atoms with E-state index < -0.39 is 0 Å². The van der Waals surface area contributed by atoms with Gasteiger partial charge in [0, 0.05) is 37.8 Å². The molecule has 80 valence electrons. The highest BCUT2D eigenvalue weighted by molar-refractivity contribution is 8.93. The van der Waals surface area contributed by atoms with E-state index in [0.29, 0.717) is 18.2 Å². The van der Waals surface area contributed by atoms with Crippen LogP contribution in [-0.2, 0) is 4.79 Å². The van der Waals surface area contributed by atoms with Crippen molar-refractivity contribution in [3.63, 3.8) is 0 Å². The first-order valence-corrected chi connectivity index (χ1v) is 5.11. The quantitative estimate of drug-likeness (QED) is 0.671. The van der Waals surface area contributed by atoms with E-state index in [1.807, 2.05) is 0 Å². The number of nitrogens with zero attached hydrogens (tertiary/aromatic N) is 1. The Labute approximate surface area is 100 Å². The van der Waals surface area contributed by atoms with Crippen molar-refractivity contribution in [3.05, 3.63) is 0 Å². The Morgan fingerprint density at radius 2 is 1.62 bits per heavy atom. The number of alkyl halides is 2. The summed E-state index contributed by atoms with van der Waals surface area (Å²) in [6.45, 7) is 3.98. The molecule has 0 fully saturated rings. The van der Waals surface area contributed by atoms with Gasteiger partial charge in [0.25, 0.3) is 0 Å². The van der Waals surface area contributed by atoms with Gasteiger partial charge in [0.15, 0.2) is 0 Å². The van der Waals surface area contributed by atoms with Crippen LogP contribution >= 0.6 is 40.2 Å². The smallest absolute Gasteiger partial charge is 0.131 e. The van der Waals surface area contributed by atoms with Gasteiger partial charge >= 0.3 is 0 Å².